The summed E-state index contributed by atoms with van der Waals surface area (Å²) in [4.78, 5) is 23.2. The summed E-state index contributed by atoms with van der Waals surface area (Å²) in [6.45, 7) is 11.5. The molecule has 1 amide bonds. The first-order valence-electron chi connectivity index (χ1n) is 14.5. The second kappa shape index (κ2) is 11.5. The molecule has 0 saturated carbocycles. The van der Waals surface area contributed by atoms with Crippen molar-refractivity contribution < 1.29 is 9.18 Å². The van der Waals surface area contributed by atoms with Gasteiger partial charge in [0.15, 0.2) is 5.13 Å². The number of carbonyl (C=O) groups is 1. The van der Waals surface area contributed by atoms with E-state index in [0.717, 1.165) is 74.4 Å². The van der Waals surface area contributed by atoms with Gasteiger partial charge in [-0.15, -0.1) is 11.3 Å². The maximum Gasteiger partial charge on any atom is 0.227 e. The molecule has 1 saturated heterocycles. The fourth-order valence-electron chi connectivity index (χ4n) is 6.80. The van der Waals surface area contributed by atoms with Crippen LogP contribution < -0.4 is 4.90 Å². The van der Waals surface area contributed by atoms with Crippen LogP contribution in [0.4, 0.5) is 10.1 Å². The molecule has 39 heavy (non-hydrogen) atoms. The number of aryl methyl sites for hydroxylation is 2. The third-order valence-electron chi connectivity index (χ3n) is 9.34. The van der Waals surface area contributed by atoms with Crippen LogP contribution in [-0.2, 0) is 16.8 Å². The Bertz CT molecular complexity index is 1290. The highest BCUT2D eigenvalue weighted by Gasteiger charge is 2.43. The SMILES string of the molecule is CCN1C(=O)CC(CCCC2(CCc3ccc(F)s3)CCN(C(C)(C)c3ccc(C)nc3)C2)c2ccccc21. The zero-order valence-electron chi connectivity index (χ0n) is 23.9. The van der Waals surface area contributed by atoms with Crippen molar-refractivity contribution in [2.75, 3.05) is 24.5 Å². The van der Waals surface area contributed by atoms with Crippen LogP contribution in [-0.4, -0.2) is 35.4 Å². The van der Waals surface area contributed by atoms with E-state index in [1.165, 1.54) is 22.5 Å². The summed E-state index contributed by atoms with van der Waals surface area (Å²) in [6.07, 6.45) is 9.02. The van der Waals surface area contributed by atoms with Crippen molar-refractivity contribution in [3.05, 3.63) is 81.6 Å². The molecule has 6 heteroatoms. The second-order valence-electron chi connectivity index (χ2n) is 12.1. The van der Waals surface area contributed by atoms with Crippen LogP contribution in [0.25, 0.3) is 0 Å². The van der Waals surface area contributed by atoms with Crippen molar-refractivity contribution >= 4 is 22.9 Å². The molecule has 208 valence electrons. The Morgan fingerprint density at radius 2 is 1.95 bits per heavy atom. The number of pyridine rings is 1. The molecule has 0 bridgehead atoms. The number of anilines is 1. The van der Waals surface area contributed by atoms with E-state index in [1.54, 1.807) is 6.07 Å². The number of rotatable bonds is 10. The Hall–Kier alpha value is -2.57. The zero-order valence-corrected chi connectivity index (χ0v) is 24.7. The summed E-state index contributed by atoms with van der Waals surface area (Å²) < 4.78 is 13.7. The summed E-state index contributed by atoms with van der Waals surface area (Å²) >= 11 is 1.29. The number of likely N-dealkylation sites (tertiary alicyclic amines) is 1. The predicted molar refractivity (Wildman–Crippen MR) is 159 cm³/mol. The van der Waals surface area contributed by atoms with Gasteiger partial charge in [-0.25, -0.2) is 0 Å². The summed E-state index contributed by atoms with van der Waals surface area (Å²) in [5.41, 5.74) is 4.79. The Morgan fingerprint density at radius 1 is 1.13 bits per heavy atom. The van der Waals surface area contributed by atoms with Gasteiger partial charge in [0.1, 0.15) is 0 Å². The van der Waals surface area contributed by atoms with Gasteiger partial charge < -0.3 is 4.90 Å². The third kappa shape index (κ3) is 5.97. The van der Waals surface area contributed by atoms with Crippen molar-refractivity contribution in [2.24, 2.45) is 5.41 Å². The number of amides is 1. The molecule has 2 aliphatic heterocycles. The average molecular weight is 548 g/mol. The van der Waals surface area contributed by atoms with Crippen molar-refractivity contribution in [1.82, 2.24) is 9.88 Å². The lowest BCUT2D eigenvalue weighted by Gasteiger charge is -2.38. The van der Waals surface area contributed by atoms with E-state index in [2.05, 4.69) is 61.0 Å². The van der Waals surface area contributed by atoms with Gasteiger partial charge in [-0.2, -0.15) is 4.39 Å². The van der Waals surface area contributed by atoms with Gasteiger partial charge in [-0.05, 0) is 113 Å². The molecule has 4 heterocycles. The van der Waals surface area contributed by atoms with Crippen molar-refractivity contribution in [3.63, 3.8) is 0 Å². The lowest BCUT2D eigenvalue weighted by molar-refractivity contribution is -0.119. The highest BCUT2D eigenvalue weighted by Crippen LogP contribution is 2.46. The number of nitrogens with zero attached hydrogens (tertiary/aromatic N) is 3. The van der Waals surface area contributed by atoms with Gasteiger partial charge in [-0.1, -0.05) is 30.7 Å². The number of aromatic nitrogens is 1. The summed E-state index contributed by atoms with van der Waals surface area (Å²) in [5, 5.41) is -0.0955. The van der Waals surface area contributed by atoms with Gasteiger partial charge in [0.2, 0.25) is 5.91 Å². The molecule has 4 nitrogen and oxygen atoms in total. The molecule has 0 aliphatic carbocycles. The molecule has 2 unspecified atom stereocenters. The molecule has 5 rings (SSSR count). The molecule has 2 atom stereocenters. The van der Waals surface area contributed by atoms with Crippen LogP contribution in [0.3, 0.4) is 0 Å². The fourth-order valence-corrected chi connectivity index (χ4v) is 7.53. The minimum atomic E-state index is -0.101. The van der Waals surface area contributed by atoms with E-state index in [9.17, 15) is 9.18 Å². The molecule has 3 aromatic rings. The van der Waals surface area contributed by atoms with E-state index in [4.69, 9.17) is 0 Å². The smallest absolute Gasteiger partial charge is 0.227 e. The number of hydrogen-bond donors (Lipinski definition) is 0. The van der Waals surface area contributed by atoms with Crippen molar-refractivity contribution in [3.8, 4) is 0 Å². The number of thiophene rings is 1. The molecule has 1 fully saturated rings. The zero-order chi connectivity index (χ0) is 27.6. The molecular formula is C33H42FN3OS. The van der Waals surface area contributed by atoms with E-state index in [-0.39, 0.29) is 27.9 Å². The van der Waals surface area contributed by atoms with Crippen LogP contribution in [0.1, 0.15) is 86.9 Å². The second-order valence-corrected chi connectivity index (χ2v) is 13.2. The first-order chi connectivity index (χ1) is 18.7. The van der Waals surface area contributed by atoms with Gasteiger partial charge in [0, 0.05) is 47.5 Å². The Kier molecular flexibility index (Phi) is 8.25. The molecule has 2 aromatic heterocycles. The van der Waals surface area contributed by atoms with E-state index in [1.807, 2.05) is 30.2 Å². The van der Waals surface area contributed by atoms with Crippen molar-refractivity contribution in [1.29, 1.82) is 0 Å². The third-order valence-corrected chi connectivity index (χ3v) is 10.3. The minimum absolute atomic E-state index is 0.0955. The lowest BCUT2D eigenvalue weighted by Crippen LogP contribution is -2.41. The van der Waals surface area contributed by atoms with E-state index < -0.39 is 0 Å². The molecule has 0 radical (unpaired) electrons. The van der Waals surface area contributed by atoms with Crippen LogP contribution in [0.15, 0.2) is 54.7 Å². The van der Waals surface area contributed by atoms with Crippen LogP contribution in [0, 0.1) is 17.5 Å². The van der Waals surface area contributed by atoms with Gasteiger partial charge in [-0.3, -0.25) is 14.7 Å². The largest absolute Gasteiger partial charge is 0.312 e. The lowest BCUT2D eigenvalue weighted by atomic mass is 9.76. The van der Waals surface area contributed by atoms with Crippen LogP contribution in [0.5, 0.6) is 0 Å². The minimum Gasteiger partial charge on any atom is -0.312 e. The fraction of sp³-hybridized carbons (Fsp3) is 0.515. The van der Waals surface area contributed by atoms with Crippen LogP contribution in [0.2, 0.25) is 0 Å². The summed E-state index contributed by atoms with van der Waals surface area (Å²) in [6, 6.07) is 16.3. The number of para-hydroxylation sites is 1. The number of benzene rings is 1. The Labute approximate surface area is 237 Å². The monoisotopic (exact) mass is 547 g/mol. The number of carbonyl (C=O) groups excluding carboxylic acids is 1. The normalized spacial score (nSPS) is 21.9. The average Bonchev–Trinajstić information content (AvgIpc) is 3.55. The maximum absolute atomic E-state index is 13.7. The summed E-state index contributed by atoms with van der Waals surface area (Å²) in [5.74, 6) is 0.531. The highest BCUT2D eigenvalue weighted by atomic mass is 32.1. The van der Waals surface area contributed by atoms with E-state index >= 15 is 0 Å². The highest BCUT2D eigenvalue weighted by molar-refractivity contribution is 7.10. The molecule has 0 N–H and O–H groups in total. The topological polar surface area (TPSA) is 36.4 Å². The number of hydrogen-bond acceptors (Lipinski definition) is 4. The standard InChI is InChI=1S/C33H42FN3OS/c1-5-37-29-11-7-6-10-28(29)25(21-31(37)38)9-8-17-33(18-16-27-14-15-30(34)39-27)19-20-36(23-33)32(3,4)26-13-12-24(2)35-22-26/h6-7,10-15,22,25H,5,8-9,16-21,23H2,1-4H3. The Balaban J connectivity index is 1.31. The Morgan fingerprint density at radius 3 is 2.67 bits per heavy atom. The first-order valence-corrected chi connectivity index (χ1v) is 15.3. The van der Waals surface area contributed by atoms with Gasteiger partial charge >= 0.3 is 0 Å². The van der Waals surface area contributed by atoms with Gasteiger partial charge in [0.25, 0.3) is 0 Å². The first kappa shape index (κ1) is 28.0. The summed E-state index contributed by atoms with van der Waals surface area (Å²) in [7, 11) is 0. The van der Waals surface area contributed by atoms with Crippen LogP contribution >= 0.6 is 11.3 Å². The van der Waals surface area contributed by atoms with Crippen molar-refractivity contribution in [2.45, 2.75) is 84.1 Å². The molecular weight excluding hydrogens is 505 g/mol. The van der Waals surface area contributed by atoms with E-state index in [0.29, 0.717) is 6.42 Å². The molecule has 1 aromatic carbocycles. The number of halogens is 1. The van der Waals surface area contributed by atoms with Gasteiger partial charge in [0.05, 0.1) is 0 Å². The maximum atomic E-state index is 13.7. The quantitative estimate of drug-likeness (QED) is 0.259. The molecule has 0 spiro atoms. The number of fused-ring (bicyclic) bond motifs is 1. The molecule has 2 aliphatic rings. The predicted octanol–water partition coefficient (Wildman–Crippen LogP) is 7.86.